The van der Waals surface area contributed by atoms with Gasteiger partial charge in [-0.25, -0.2) is 0 Å². The highest BCUT2D eigenvalue weighted by Gasteiger charge is 2.34. The molecule has 1 aliphatic rings. The Hall–Kier alpha value is 0.0700. The first kappa shape index (κ1) is 15.1. The highest BCUT2D eigenvalue weighted by Crippen LogP contribution is 2.22. The number of nitrogens with one attached hydrogen (secondary N) is 1. The van der Waals surface area contributed by atoms with Crippen LogP contribution in [-0.4, -0.2) is 52.3 Å². The molecule has 0 spiro atoms. The van der Waals surface area contributed by atoms with Crippen molar-refractivity contribution in [3.8, 4) is 0 Å². The van der Waals surface area contributed by atoms with E-state index < -0.39 is 10.8 Å². The summed E-state index contributed by atoms with van der Waals surface area (Å²) in [6, 6.07) is 0.603. The van der Waals surface area contributed by atoms with Gasteiger partial charge in [0.05, 0.1) is 0 Å². The lowest BCUT2D eigenvalue weighted by atomic mass is 9.88. The minimum absolute atomic E-state index is 0.303. The van der Waals surface area contributed by atoms with Crippen molar-refractivity contribution >= 4 is 10.8 Å². The van der Waals surface area contributed by atoms with Crippen molar-refractivity contribution in [2.75, 3.05) is 31.6 Å². The van der Waals surface area contributed by atoms with Crippen LogP contribution in [0.5, 0.6) is 0 Å². The Morgan fingerprint density at radius 2 is 2.06 bits per heavy atom. The number of nitrogens with zero attached hydrogens (tertiary/aromatic N) is 1. The Morgan fingerprint density at radius 3 is 2.59 bits per heavy atom. The molecule has 0 saturated carbocycles. The summed E-state index contributed by atoms with van der Waals surface area (Å²) in [5.41, 5.74) is 0.303. The van der Waals surface area contributed by atoms with E-state index in [1.54, 1.807) is 6.26 Å². The fraction of sp³-hybridized carbons (Fsp3) is 1.00. The van der Waals surface area contributed by atoms with E-state index in [9.17, 15) is 4.21 Å². The zero-order valence-electron chi connectivity index (χ0n) is 11.8. The molecule has 4 heteroatoms. The third-order valence-electron chi connectivity index (χ3n) is 4.13. The fourth-order valence-corrected chi connectivity index (χ4v) is 3.12. The molecule has 2 unspecified atom stereocenters. The molecule has 1 saturated heterocycles. The molecule has 1 N–H and O–H groups in total. The second-order valence-electron chi connectivity index (χ2n) is 5.32. The van der Waals surface area contributed by atoms with Crippen LogP contribution in [0.1, 0.15) is 40.0 Å². The Balaban J connectivity index is 2.48. The Labute approximate surface area is 109 Å². The molecule has 1 aliphatic heterocycles. The Kier molecular flexibility index (Phi) is 6.10. The van der Waals surface area contributed by atoms with Gasteiger partial charge in [0.15, 0.2) is 0 Å². The number of hydrogen-bond donors (Lipinski definition) is 1. The van der Waals surface area contributed by atoms with E-state index in [2.05, 4.69) is 31.0 Å². The molecule has 0 amide bonds. The summed E-state index contributed by atoms with van der Waals surface area (Å²) in [5.74, 6) is 0.835. The summed E-state index contributed by atoms with van der Waals surface area (Å²) in [4.78, 5) is 2.57. The van der Waals surface area contributed by atoms with E-state index in [1.807, 2.05) is 0 Å². The van der Waals surface area contributed by atoms with Gasteiger partial charge >= 0.3 is 0 Å². The first-order valence-corrected chi connectivity index (χ1v) is 8.55. The van der Waals surface area contributed by atoms with Gasteiger partial charge in [-0.3, -0.25) is 9.11 Å². The van der Waals surface area contributed by atoms with Crippen molar-refractivity contribution < 1.29 is 4.21 Å². The van der Waals surface area contributed by atoms with Crippen molar-refractivity contribution in [2.45, 2.75) is 51.6 Å². The van der Waals surface area contributed by atoms with Gasteiger partial charge in [-0.1, -0.05) is 13.8 Å². The van der Waals surface area contributed by atoms with Crippen LogP contribution in [0.15, 0.2) is 0 Å². The van der Waals surface area contributed by atoms with Gasteiger partial charge in [0.1, 0.15) is 0 Å². The third kappa shape index (κ3) is 4.34. The molecule has 1 heterocycles. The molecule has 0 aromatic heterocycles. The van der Waals surface area contributed by atoms with Crippen LogP contribution in [0.4, 0.5) is 0 Å². The van der Waals surface area contributed by atoms with Gasteiger partial charge in [0.2, 0.25) is 0 Å². The molecule has 0 aromatic rings. The molecule has 1 rings (SSSR count). The van der Waals surface area contributed by atoms with Crippen LogP contribution in [0.3, 0.4) is 0 Å². The summed E-state index contributed by atoms with van der Waals surface area (Å²) < 4.78 is 11.1. The zero-order chi connectivity index (χ0) is 12.9. The van der Waals surface area contributed by atoms with E-state index in [1.165, 1.54) is 12.8 Å². The lowest BCUT2D eigenvalue weighted by Gasteiger charge is -2.46. The molecule has 0 bridgehead atoms. The van der Waals surface area contributed by atoms with E-state index in [0.29, 0.717) is 11.6 Å². The summed E-state index contributed by atoms with van der Waals surface area (Å²) in [6.07, 6.45) is 5.22. The molecule has 0 aliphatic carbocycles. The molecule has 0 aromatic carbocycles. The molecule has 3 nitrogen and oxygen atoms in total. The van der Waals surface area contributed by atoms with Crippen molar-refractivity contribution in [3.05, 3.63) is 0 Å². The maximum absolute atomic E-state index is 11.1. The summed E-state index contributed by atoms with van der Waals surface area (Å²) in [5, 5.41) is 3.71. The fourth-order valence-electron chi connectivity index (χ4n) is 2.59. The minimum Gasteiger partial charge on any atom is -0.308 e. The van der Waals surface area contributed by atoms with Crippen LogP contribution in [0.25, 0.3) is 0 Å². The monoisotopic (exact) mass is 260 g/mol. The standard InChI is InChI=1S/C13H28N2OS/c1-5-13(6-2)11-15(12(3)10-14-13)8-7-9-17(4)16/h12,14H,5-11H2,1-4H3. The maximum atomic E-state index is 11.1. The smallest absolute Gasteiger partial charge is 0.0304 e. The van der Waals surface area contributed by atoms with E-state index in [0.717, 1.165) is 31.8 Å². The van der Waals surface area contributed by atoms with Crippen molar-refractivity contribution in [2.24, 2.45) is 0 Å². The number of rotatable bonds is 6. The van der Waals surface area contributed by atoms with Gasteiger partial charge in [-0.2, -0.15) is 0 Å². The summed E-state index contributed by atoms with van der Waals surface area (Å²) in [7, 11) is -0.646. The molecule has 17 heavy (non-hydrogen) atoms. The highest BCUT2D eigenvalue weighted by molar-refractivity contribution is 7.84. The number of piperazine rings is 1. The molecule has 102 valence electrons. The van der Waals surface area contributed by atoms with Crippen molar-refractivity contribution in [3.63, 3.8) is 0 Å². The molecule has 1 fully saturated rings. The van der Waals surface area contributed by atoms with Crippen LogP contribution in [0.2, 0.25) is 0 Å². The van der Waals surface area contributed by atoms with Crippen LogP contribution in [0, 0.1) is 0 Å². The molecular weight excluding hydrogens is 232 g/mol. The summed E-state index contributed by atoms with van der Waals surface area (Å²) >= 11 is 0. The van der Waals surface area contributed by atoms with Crippen molar-refractivity contribution in [1.82, 2.24) is 10.2 Å². The SMILES string of the molecule is CCC1(CC)CN(CCCS(C)=O)C(C)CN1. The Bertz CT molecular complexity index is 254. The third-order valence-corrected chi connectivity index (χ3v) is 5.00. The second kappa shape index (κ2) is 6.86. The van der Waals surface area contributed by atoms with Gasteiger partial charge in [0, 0.05) is 47.5 Å². The lowest BCUT2D eigenvalue weighted by molar-refractivity contribution is 0.0812. The van der Waals surface area contributed by atoms with Crippen LogP contribution >= 0.6 is 0 Å². The van der Waals surface area contributed by atoms with Gasteiger partial charge in [0.25, 0.3) is 0 Å². The normalized spacial score (nSPS) is 26.9. The van der Waals surface area contributed by atoms with Gasteiger partial charge in [-0.05, 0) is 32.7 Å². The van der Waals surface area contributed by atoms with Crippen LogP contribution in [-0.2, 0) is 10.8 Å². The largest absolute Gasteiger partial charge is 0.308 e. The molecule has 0 radical (unpaired) electrons. The van der Waals surface area contributed by atoms with E-state index in [4.69, 9.17) is 0 Å². The first-order valence-electron chi connectivity index (χ1n) is 6.82. The van der Waals surface area contributed by atoms with Gasteiger partial charge in [-0.15, -0.1) is 0 Å². The average molecular weight is 260 g/mol. The van der Waals surface area contributed by atoms with E-state index in [-0.39, 0.29) is 0 Å². The minimum atomic E-state index is -0.646. The topological polar surface area (TPSA) is 32.3 Å². The predicted molar refractivity (Wildman–Crippen MR) is 75.9 cm³/mol. The average Bonchev–Trinajstić information content (AvgIpc) is 2.32. The van der Waals surface area contributed by atoms with E-state index >= 15 is 0 Å². The Morgan fingerprint density at radius 1 is 1.41 bits per heavy atom. The highest BCUT2D eigenvalue weighted by atomic mass is 32.2. The lowest BCUT2D eigenvalue weighted by Crippen LogP contribution is -2.63. The van der Waals surface area contributed by atoms with Crippen molar-refractivity contribution in [1.29, 1.82) is 0 Å². The summed E-state index contributed by atoms with van der Waals surface area (Å²) in [6.45, 7) is 10.1. The predicted octanol–water partition coefficient (Wildman–Crippen LogP) is 1.61. The second-order valence-corrected chi connectivity index (χ2v) is 6.87. The zero-order valence-corrected chi connectivity index (χ0v) is 12.6. The molecule has 2 atom stereocenters. The van der Waals surface area contributed by atoms with Crippen LogP contribution < -0.4 is 5.32 Å². The first-order chi connectivity index (χ1) is 8.03. The van der Waals surface area contributed by atoms with Gasteiger partial charge < -0.3 is 5.32 Å². The quantitative estimate of drug-likeness (QED) is 0.787. The molecular formula is C13H28N2OS. The number of hydrogen-bond acceptors (Lipinski definition) is 3. The maximum Gasteiger partial charge on any atom is 0.0304 e.